The minimum absolute atomic E-state index is 0.0568. The lowest BCUT2D eigenvalue weighted by molar-refractivity contribution is -0.105. The zero-order valence-electron chi connectivity index (χ0n) is 14.0. The summed E-state index contributed by atoms with van der Waals surface area (Å²) in [5.41, 5.74) is 1.71. The summed E-state index contributed by atoms with van der Waals surface area (Å²) in [5.74, 6) is 1.53. The van der Waals surface area contributed by atoms with Gasteiger partial charge in [0.15, 0.2) is 6.29 Å². The molecule has 1 aromatic carbocycles. The molecule has 2 unspecified atom stereocenters. The van der Waals surface area contributed by atoms with Gasteiger partial charge in [0.2, 0.25) is 0 Å². The van der Waals surface area contributed by atoms with Gasteiger partial charge in [0.25, 0.3) is 0 Å². The quantitative estimate of drug-likeness (QED) is 0.710. The lowest BCUT2D eigenvalue weighted by Gasteiger charge is -2.31. The maximum absolute atomic E-state index is 5.91. The maximum atomic E-state index is 5.91. The van der Waals surface area contributed by atoms with Gasteiger partial charge in [0.05, 0.1) is 6.61 Å². The first-order valence-corrected chi connectivity index (χ1v) is 8.39. The van der Waals surface area contributed by atoms with Crippen molar-refractivity contribution < 1.29 is 9.47 Å². The minimum Gasteiger partial charge on any atom is -0.465 e. The molecule has 2 heteroatoms. The Morgan fingerprint density at radius 1 is 1.19 bits per heavy atom. The highest BCUT2D eigenvalue weighted by molar-refractivity contribution is 5.30. The summed E-state index contributed by atoms with van der Waals surface area (Å²) in [6.45, 7) is 10.1. The predicted molar refractivity (Wildman–Crippen MR) is 87.8 cm³/mol. The van der Waals surface area contributed by atoms with Gasteiger partial charge in [0.1, 0.15) is 5.75 Å². The molecule has 0 N–H and O–H groups in total. The molecule has 118 valence electrons. The lowest BCUT2D eigenvalue weighted by atomic mass is 9.74. The maximum Gasteiger partial charge on any atom is 0.199 e. The van der Waals surface area contributed by atoms with E-state index in [1.54, 1.807) is 0 Å². The summed E-state index contributed by atoms with van der Waals surface area (Å²) in [4.78, 5) is 0. The van der Waals surface area contributed by atoms with Crippen molar-refractivity contribution in [2.75, 3.05) is 6.61 Å². The van der Waals surface area contributed by atoms with Crippen LogP contribution in [0, 0.1) is 5.41 Å². The van der Waals surface area contributed by atoms with Gasteiger partial charge in [-0.3, -0.25) is 0 Å². The summed E-state index contributed by atoms with van der Waals surface area (Å²) in [6.07, 6.45) is 5.75. The van der Waals surface area contributed by atoms with E-state index in [2.05, 4.69) is 52.0 Å². The van der Waals surface area contributed by atoms with Gasteiger partial charge in [-0.2, -0.15) is 0 Å². The molecule has 2 rings (SSSR count). The molecule has 1 aliphatic rings. The SMILES string of the molecule is CCCC(c1ccc(OC2CCCCO2)cc1)C(C)(C)C. The van der Waals surface area contributed by atoms with Crippen LogP contribution in [0.4, 0.5) is 0 Å². The second-order valence-corrected chi connectivity index (χ2v) is 7.19. The number of benzene rings is 1. The van der Waals surface area contributed by atoms with Gasteiger partial charge in [-0.1, -0.05) is 46.2 Å². The zero-order valence-corrected chi connectivity index (χ0v) is 14.0. The monoisotopic (exact) mass is 290 g/mol. The summed E-state index contributed by atoms with van der Waals surface area (Å²) in [5, 5.41) is 0. The van der Waals surface area contributed by atoms with Gasteiger partial charge in [-0.15, -0.1) is 0 Å². The van der Waals surface area contributed by atoms with Crippen molar-refractivity contribution in [2.24, 2.45) is 5.41 Å². The van der Waals surface area contributed by atoms with Crippen LogP contribution in [-0.4, -0.2) is 12.9 Å². The molecule has 0 radical (unpaired) electrons. The molecule has 1 aromatic rings. The van der Waals surface area contributed by atoms with Gasteiger partial charge < -0.3 is 9.47 Å². The fraction of sp³-hybridized carbons (Fsp3) is 0.684. The minimum atomic E-state index is -0.0568. The highest BCUT2D eigenvalue weighted by Crippen LogP contribution is 2.39. The Hall–Kier alpha value is -1.02. The largest absolute Gasteiger partial charge is 0.465 e. The standard InChI is InChI=1S/C19H30O2/c1-5-8-17(19(2,3)4)15-10-12-16(13-11-15)21-18-9-6-7-14-20-18/h10-13,17-18H,5-9,14H2,1-4H3. The molecule has 0 spiro atoms. The molecule has 1 fully saturated rings. The van der Waals surface area contributed by atoms with Crippen molar-refractivity contribution in [1.29, 1.82) is 0 Å². The molecule has 0 saturated carbocycles. The Morgan fingerprint density at radius 2 is 1.90 bits per heavy atom. The van der Waals surface area contributed by atoms with Crippen molar-refractivity contribution in [2.45, 2.75) is 72.0 Å². The van der Waals surface area contributed by atoms with Crippen LogP contribution in [0.5, 0.6) is 5.75 Å². The molecule has 0 aromatic heterocycles. The van der Waals surface area contributed by atoms with Crippen LogP contribution in [0.2, 0.25) is 0 Å². The first kappa shape index (κ1) is 16.4. The Balaban J connectivity index is 2.02. The van der Waals surface area contributed by atoms with Crippen molar-refractivity contribution in [1.82, 2.24) is 0 Å². The predicted octanol–water partition coefficient (Wildman–Crippen LogP) is 5.52. The van der Waals surface area contributed by atoms with Crippen LogP contribution in [0.15, 0.2) is 24.3 Å². The van der Waals surface area contributed by atoms with E-state index >= 15 is 0 Å². The van der Waals surface area contributed by atoms with E-state index in [-0.39, 0.29) is 6.29 Å². The van der Waals surface area contributed by atoms with E-state index in [4.69, 9.17) is 9.47 Å². The van der Waals surface area contributed by atoms with E-state index in [0.717, 1.165) is 25.2 Å². The molecule has 21 heavy (non-hydrogen) atoms. The summed E-state index contributed by atoms with van der Waals surface area (Å²) < 4.78 is 11.5. The molecule has 1 aliphatic heterocycles. The van der Waals surface area contributed by atoms with Crippen LogP contribution in [-0.2, 0) is 4.74 Å². The highest BCUT2D eigenvalue weighted by Gasteiger charge is 2.25. The molecule has 0 bridgehead atoms. The highest BCUT2D eigenvalue weighted by atomic mass is 16.7. The van der Waals surface area contributed by atoms with E-state index < -0.39 is 0 Å². The van der Waals surface area contributed by atoms with Crippen LogP contribution >= 0.6 is 0 Å². The third-order valence-electron chi connectivity index (χ3n) is 4.31. The average Bonchev–Trinajstić information content (AvgIpc) is 2.46. The van der Waals surface area contributed by atoms with E-state index in [9.17, 15) is 0 Å². The first-order valence-electron chi connectivity index (χ1n) is 8.39. The van der Waals surface area contributed by atoms with Gasteiger partial charge in [-0.25, -0.2) is 0 Å². The van der Waals surface area contributed by atoms with Gasteiger partial charge in [0, 0.05) is 6.42 Å². The fourth-order valence-electron chi connectivity index (χ4n) is 3.12. The Labute approximate surface area is 129 Å². The second-order valence-electron chi connectivity index (χ2n) is 7.19. The topological polar surface area (TPSA) is 18.5 Å². The van der Waals surface area contributed by atoms with Crippen LogP contribution in [0.1, 0.15) is 71.3 Å². The molecule has 2 nitrogen and oxygen atoms in total. The fourth-order valence-corrected chi connectivity index (χ4v) is 3.12. The lowest BCUT2D eigenvalue weighted by Crippen LogP contribution is -2.25. The van der Waals surface area contributed by atoms with Crippen LogP contribution in [0.3, 0.4) is 0 Å². The zero-order chi connectivity index (χ0) is 15.3. The average molecular weight is 290 g/mol. The third-order valence-corrected chi connectivity index (χ3v) is 4.31. The Bertz CT molecular complexity index is 410. The first-order chi connectivity index (χ1) is 10.0. The number of hydrogen-bond donors (Lipinski definition) is 0. The summed E-state index contributed by atoms with van der Waals surface area (Å²) in [6, 6.07) is 8.65. The molecule has 1 saturated heterocycles. The Morgan fingerprint density at radius 3 is 2.43 bits per heavy atom. The van der Waals surface area contributed by atoms with Crippen molar-refractivity contribution >= 4 is 0 Å². The van der Waals surface area contributed by atoms with Gasteiger partial charge >= 0.3 is 0 Å². The number of hydrogen-bond acceptors (Lipinski definition) is 2. The molecule has 0 amide bonds. The molecule has 0 aliphatic carbocycles. The molecular weight excluding hydrogens is 260 g/mol. The van der Waals surface area contributed by atoms with Crippen LogP contribution in [0.25, 0.3) is 0 Å². The Kier molecular flexibility index (Phi) is 5.69. The smallest absolute Gasteiger partial charge is 0.199 e. The molecular formula is C19H30O2. The van der Waals surface area contributed by atoms with E-state index in [1.807, 2.05) is 0 Å². The third kappa shape index (κ3) is 4.74. The van der Waals surface area contributed by atoms with Crippen molar-refractivity contribution in [3.8, 4) is 5.75 Å². The number of ether oxygens (including phenoxy) is 2. The summed E-state index contributed by atoms with van der Waals surface area (Å²) >= 11 is 0. The van der Waals surface area contributed by atoms with E-state index in [1.165, 1.54) is 24.8 Å². The van der Waals surface area contributed by atoms with Crippen molar-refractivity contribution in [3.63, 3.8) is 0 Å². The molecule has 2 atom stereocenters. The summed E-state index contributed by atoms with van der Waals surface area (Å²) in [7, 11) is 0. The second kappa shape index (κ2) is 7.31. The van der Waals surface area contributed by atoms with Crippen LogP contribution < -0.4 is 4.74 Å². The normalized spacial score (nSPS) is 21.0. The van der Waals surface area contributed by atoms with Crippen molar-refractivity contribution in [3.05, 3.63) is 29.8 Å². The molecule has 1 heterocycles. The number of rotatable bonds is 5. The van der Waals surface area contributed by atoms with Gasteiger partial charge in [-0.05, 0) is 48.3 Å². The van der Waals surface area contributed by atoms with E-state index in [0.29, 0.717) is 11.3 Å².